The molecule has 0 aliphatic rings. The van der Waals surface area contributed by atoms with Gasteiger partial charge in [-0.2, -0.15) is 0 Å². The van der Waals surface area contributed by atoms with Crippen LogP contribution in [0.3, 0.4) is 0 Å². The van der Waals surface area contributed by atoms with Gasteiger partial charge in [0.15, 0.2) is 6.10 Å². The molecule has 2 rings (SSSR count). The van der Waals surface area contributed by atoms with Crippen LogP contribution >= 0.6 is 0 Å². The van der Waals surface area contributed by atoms with Crippen molar-refractivity contribution < 1.29 is 14.3 Å². The summed E-state index contributed by atoms with van der Waals surface area (Å²) in [6.07, 6.45) is 0.939. The van der Waals surface area contributed by atoms with Crippen LogP contribution in [-0.2, 0) is 11.2 Å². The summed E-state index contributed by atoms with van der Waals surface area (Å²) >= 11 is 0. The number of amides is 1. The lowest BCUT2D eigenvalue weighted by Crippen LogP contribution is -2.38. The highest BCUT2D eigenvalue weighted by Crippen LogP contribution is 2.13. The quantitative estimate of drug-likeness (QED) is 0.814. The van der Waals surface area contributed by atoms with Crippen LogP contribution < -0.4 is 14.8 Å². The highest BCUT2D eigenvalue weighted by molar-refractivity contribution is 5.81. The molecule has 0 saturated carbocycles. The van der Waals surface area contributed by atoms with Crippen molar-refractivity contribution in [1.29, 1.82) is 0 Å². The van der Waals surface area contributed by atoms with Crippen molar-refractivity contribution in [2.24, 2.45) is 0 Å². The van der Waals surface area contributed by atoms with Gasteiger partial charge in [0.1, 0.15) is 11.5 Å². The number of hydrogen-bond donors (Lipinski definition) is 1. The Kier molecular flexibility index (Phi) is 6.48. The predicted molar refractivity (Wildman–Crippen MR) is 90.9 cm³/mol. The van der Waals surface area contributed by atoms with Gasteiger partial charge in [-0.3, -0.25) is 4.79 Å². The molecule has 0 radical (unpaired) electrons. The van der Waals surface area contributed by atoms with E-state index < -0.39 is 6.10 Å². The highest BCUT2D eigenvalue weighted by atomic mass is 16.5. The second kappa shape index (κ2) is 8.83. The third-order valence-electron chi connectivity index (χ3n) is 3.56. The van der Waals surface area contributed by atoms with E-state index in [4.69, 9.17) is 9.47 Å². The number of carbonyl (C=O) groups excluding carboxylic acids is 1. The highest BCUT2D eigenvalue weighted by Gasteiger charge is 2.17. The van der Waals surface area contributed by atoms with Crippen molar-refractivity contribution in [2.45, 2.75) is 25.9 Å². The maximum absolute atomic E-state index is 12.2. The van der Waals surface area contributed by atoms with Gasteiger partial charge < -0.3 is 14.8 Å². The van der Waals surface area contributed by atoms with Crippen molar-refractivity contribution in [3.8, 4) is 11.5 Å². The minimum Gasteiger partial charge on any atom is -0.497 e. The molecule has 0 spiro atoms. The number of methoxy groups -OCH3 is 1. The van der Waals surface area contributed by atoms with Crippen molar-refractivity contribution in [3.05, 3.63) is 60.2 Å². The Balaban J connectivity index is 1.80. The van der Waals surface area contributed by atoms with Crippen molar-refractivity contribution in [1.82, 2.24) is 5.32 Å². The lowest BCUT2D eigenvalue weighted by atomic mass is 10.1. The van der Waals surface area contributed by atoms with E-state index in [-0.39, 0.29) is 5.91 Å². The lowest BCUT2D eigenvalue weighted by Gasteiger charge is -2.17. The molecule has 122 valence electrons. The van der Waals surface area contributed by atoms with E-state index >= 15 is 0 Å². The molecular formula is C19H23NO3. The number of carbonyl (C=O) groups is 1. The second-order valence-electron chi connectivity index (χ2n) is 5.22. The van der Waals surface area contributed by atoms with Gasteiger partial charge in [0.05, 0.1) is 7.11 Å². The number of para-hydroxylation sites is 1. The molecule has 0 fully saturated rings. The van der Waals surface area contributed by atoms with Crippen LogP contribution in [0.15, 0.2) is 54.6 Å². The predicted octanol–water partition coefficient (Wildman–Crippen LogP) is 3.21. The topological polar surface area (TPSA) is 47.6 Å². The Morgan fingerprint density at radius 2 is 1.74 bits per heavy atom. The number of hydrogen-bond acceptors (Lipinski definition) is 3. The third kappa shape index (κ3) is 5.33. The van der Waals surface area contributed by atoms with Crippen LogP contribution in [0.2, 0.25) is 0 Å². The standard InChI is InChI=1S/C19H23NO3/c1-3-18(23-17-7-5-4-6-8-17)19(21)20-14-13-15-9-11-16(22-2)12-10-15/h4-12,18H,3,13-14H2,1-2H3,(H,20,21). The van der Waals surface area contributed by atoms with Crippen molar-refractivity contribution in [3.63, 3.8) is 0 Å². The van der Waals surface area contributed by atoms with Gasteiger partial charge in [0.25, 0.3) is 5.91 Å². The molecule has 4 nitrogen and oxygen atoms in total. The molecule has 2 aromatic carbocycles. The number of benzene rings is 2. The number of nitrogens with one attached hydrogen (secondary N) is 1. The van der Waals surface area contributed by atoms with Crippen LogP contribution in [0.5, 0.6) is 11.5 Å². The van der Waals surface area contributed by atoms with E-state index in [2.05, 4.69) is 5.32 Å². The van der Waals surface area contributed by atoms with E-state index in [9.17, 15) is 4.79 Å². The molecule has 0 aliphatic heterocycles. The largest absolute Gasteiger partial charge is 0.497 e. The molecule has 0 heterocycles. The van der Waals surface area contributed by atoms with Gasteiger partial charge in [-0.15, -0.1) is 0 Å². The summed E-state index contributed by atoms with van der Waals surface area (Å²) in [6, 6.07) is 17.3. The molecule has 23 heavy (non-hydrogen) atoms. The van der Waals surface area contributed by atoms with Crippen LogP contribution in [0.1, 0.15) is 18.9 Å². The van der Waals surface area contributed by atoms with Crippen LogP contribution in [-0.4, -0.2) is 25.7 Å². The lowest BCUT2D eigenvalue weighted by molar-refractivity contribution is -0.128. The summed E-state index contributed by atoms with van der Waals surface area (Å²) in [4.78, 5) is 12.2. The second-order valence-corrected chi connectivity index (χ2v) is 5.22. The first-order valence-electron chi connectivity index (χ1n) is 7.85. The molecule has 1 amide bonds. The molecule has 4 heteroatoms. The van der Waals surface area contributed by atoms with Gasteiger partial charge >= 0.3 is 0 Å². The van der Waals surface area contributed by atoms with E-state index in [1.54, 1.807) is 7.11 Å². The zero-order chi connectivity index (χ0) is 16.5. The van der Waals surface area contributed by atoms with Crippen molar-refractivity contribution in [2.75, 3.05) is 13.7 Å². The third-order valence-corrected chi connectivity index (χ3v) is 3.56. The summed E-state index contributed by atoms with van der Waals surface area (Å²) < 4.78 is 10.9. The fourth-order valence-electron chi connectivity index (χ4n) is 2.22. The van der Waals surface area contributed by atoms with Gasteiger partial charge in [0.2, 0.25) is 0 Å². The molecule has 1 N–H and O–H groups in total. The summed E-state index contributed by atoms with van der Waals surface area (Å²) in [5.41, 5.74) is 1.16. The average Bonchev–Trinajstić information content (AvgIpc) is 2.61. The first kappa shape index (κ1) is 16.9. The normalized spacial score (nSPS) is 11.6. The number of rotatable bonds is 8. The van der Waals surface area contributed by atoms with Gasteiger partial charge in [-0.1, -0.05) is 37.3 Å². The Bertz CT molecular complexity index is 596. The fraction of sp³-hybridized carbons (Fsp3) is 0.316. The number of ether oxygens (including phenoxy) is 2. The maximum Gasteiger partial charge on any atom is 0.261 e. The van der Waals surface area contributed by atoms with E-state index in [1.807, 2.05) is 61.5 Å². The molecular weight excluding hydrogens is 290 g/mol. The van der Waals surface area contributed by atoms with Crippen molar-refractivity contribution >= 4 is 5.91 Å². The summed E-state index contributed by atoms with van der Waals surface area (Å²) in [7, 11) is 1.65. The van der Waals surface area contributed by atoms with E-state index in [0.29, 0.717) is 18.7 Å². The smallest absolute Gasteiger partial charge is 0.261 e. The molecule has 1 atom stereocenters. The Labute approximate surface area is 137 Å². The first-order valence-corrected chi connectivity index (χ1v) is 7.85. The molecule has 2 aromatic rings. The Hall–Kier alpha value is -2.49. The van der Waals surface area contributed by atoms with Crippen LogP contribution in [0.25, 0.3) is 0 Å². The Morgan fingerprint density at radius 3 is 2.35 bits per heavy atom. The molecule has 1 unspecified atom stereocenters. The van der Waals surface area contributed by atoms with Gasteiger partial charge in [-0.25, -0.2) is 0 Å². The molecule has 0 aliphatic carbocycles. The van der Waals surface area contributed by atoms with Crippen LogP contribution in [0.4, 0.5) is 0 Å². The average molecular weight is 313 g/mol. The summed E-state index contributed by atoms with van der Waals surface area (Å²) in [5.74, 6) is 1.47. The molecule has 0 saturated heterocycles. The molecule has 0 bridgehead atoms. The minimum atomic E-state index is -0.465. The van der Waals surface area contributed by atoms with Gasteiger partial charge in [-0.05, 0) is 42.7 Å². The van der Waals surface area contributed by atoms with E-state index in [1.165, 1.54) is 0 Å². The zero-order valence-electron chi connectivity index (χ0n) is 13.6. The summed E-state index contributed by atoms with van der Waals surface area (Å²) in [6.45, 7) is 2.52. The molecule has 0 aromatic heterocycles. The summed E-state index contributed by atoms with van der Waals surface area (Å²) in [5, 5.41) is 2.94. The monoisotopic (exact) mass is 313 g/mol. The fourth-order valence-corrected chi connectivity index (χ4v) is 2.22. The van der Waals surface area contributed by atoms with Gasteiger partial charge in [0, 0.05) is 6.54 Å². The zero-order valence-corrected chi connectivity index (χ0v) is 13.6. The Morgan fingerprint density at radius 1 is 1.04 bits per heavy atom. The van der Waals surface area contributed by atoms with E-state index in [0.717, 1.165) is 17.7 Å². The maximum atomic E-state index is 12.2. The SMILES string of the molecule is CCC(Oc1ccccc1)C(=O)NCCc1ccc(OC)cc1. The van der Waals surface area contributed by atoms with Crippen LogP contribution in [0, 0.1) is 0 Å². The first-order chi connectivity index (χ1) is 11.2. The minimum absolute atomic E-state index is 0.0788.